The largest absolute Gasteiger partial charge is 0.499 e. The summed E-state index contributed by atoms with van der Waals surface area (Å²) in [6, 6.07) is -1.51. The van der Waals surface area contributed by atoms with Crippen LogP contribution in [0, 0.1) is 97.2 Å². The van der Waals surface area contributed by atoms with Crippen LogP contribution in [0.25, 0.3) is 0 Å². The number of allylic oxidation sites excluding steroid dienone is 4. The number of hydrogen-bond acceptors (Lipinski definition) is 16. The molecule has 10 atom stereocenters. The van der Waals surface area contributed by atoms with Crippen LogP contribution in [0.3, 0.4) is 0 Å². The Morgan fingerprint density at radius 1 is 0.344 bits per heavy atom. The summed E-state index contributed by atoms with van der Waals surface area (Å²) in [5.41, 5.74) is 0.527. The first-order chi connectivity index (χ1) is 63.1. The van der Waals surface area contributed by atoms with Gasteiger partial charge in [-0.1, -0.05) is 111 Å². The van der Waals surface area contributed by atoms with E-state index in [2.05, 4.69) is 70.6 Å². The normalized spacial score (nSPS) is 16.8. The van der Waals surface area contributed by atoms with Gasteiger partial charge in [0.2, 0.25) is 41.4 Å². The van der Waals surface area contributed by atoms with E-state index in [1.807, 2.05) is 65.8 Å². The maximum Gasteiger partial charge on any atom is 0.257 e. The number of terminal acetylenes is 5. The minimum atomic E-state index is -0.421. The number of nitrogens with one attached hydrogen (secondary N) is 4. The molecule has 0 fully saturated rings. The number of ether oxygens (including phenoxy) is 4. The second-order valence-electron chi connectivity index (χ2n) is 34.6. The molecule has 4 N–H and O–H groups in total. The topological polar surface area (TPSA) is 303 Å². The highest BCUT2D eigenvalue weighted by Crippen LogP contribution is 2.33. The first-order valence-electron chi connectivity index (χ1n) is 48.3. The number of methoxy groups -OCH3 is 4. The smallest absolute Gasteiger partial charge is 0.257 e. The number of nitrogens with zero attached hydrogens (tertiary/aromatic N) is 4. The predicted octanol–water partition coefficient (Wildman–Crippen LogP) is 18.1. The van der Waals surface area contributed by atoms with Crippen molar-refractivity contribution in [2.24, 2.45) is 35.5 Å². The first kappa shape index (κ1) is 118. The highest BCUT2D eigenvalue weighted by atomic mass is 16.5. The third kappa shape index (κ3) is 47.3. The molecule has 0 saturated carbocycles. The quantitative estimate of drug-likeness (QED) is 0.0190. The molecular formula is C107H162N8O16. The van der Waals surface area contributed by atoms with E-state index < -0.39 is 6.04 Å². The average molecular weight is 1820 g/mol. The molecule has 131 heavy (non-hydrogen) atoms. The molecule has 4 aliphatic heterocycles. The van der Waals surface area contributed by atoms with Gasteiger partial charge >= 0.3 is 0 Å². The Balaban J connectivity index is 0.000000873. The summed E-state index contributed by atoms with van der Waals surface area (Å²) >= 11 is 0. The Morgan fingerprint density at radius 2 is 0.603 bits per heavy atom. The van der Waals surface area contributed by atoms with E-state index in [0.29, 0.717) is 119 Å². The fourth-order valence-electron chi connectivity index (χ4n) is 15.7. The molecule has 0 spiro atoms. The molecule has 24 nitrogen and oxygen atoms in total. The lowest BCUT2D eigenvalue weighted by molar-refractivity contribution is -0.147. The fraction of sp³-hybridized carbons (Fsp3) is 0.645. The highest BCUT2D eigenvalue weighted by molar-refractivity contribution is 6.10. The Morgan fingerprint density at radius 3 is 0.901 bits per heavy atom. The van der Waals surface area contributed by atoms with Crippen LogP contribution < -0.4 is 21.3 Å². The number of hydrogen-bond donors (Lipinski definition) is 4. The van der Waals surface area contributed by atoms with Gasteiger partial charge in [0.25, 0.3) is 29.5 Å². The third-order valence-corrected chi connectivity index (χ3v) is 24.0. The summed E-state index contributed by atoms with van der Waals surface area (Å²) in [6.45, 7) is 26.7. The number of carbonyl (C=O) groups excluding carboxylic acids is 12. The van der Waals surface area contributed by atoms with Gasteiger partial charge in [-0.2, -0.15) is 0 Å². The molecular weight excluding hydrogens is 1650 g/mol. The fourth-order valence-corrected chi connectivity index (χ4v) is 15.7. The summed E-state index contributed by atoms with van der Waals surface area (Å²) in [5.74, 6) is 12.8. The molecule has 0 radical (unpaired) electrons. The van der Waals surface area contributed by atoms with Crippen molar-refractivity contribution in [1.82, 2.24) is 40.9 Å². The molecule has 4 heterocycles. The highest BCUT2D eigenvalue weighted by Gasteiger charge is 2.43. The van der Waals surface area contributed by atoms with Gasteiger partial charge in [-0.3, -0.25) is 77.1 Å². The standard InChI is InChI=1S/2C27H42N2O4.C27H38N2O4.C26H40N2O4/c3*1-6-8-10-12-16-21(3)26(31)28-19-15-14-18-23-24(33-5)20-25(30)29(23)27(32)22(4)17-13-11-9-7-2;1-5-7-9-11-13-18-24(29)28-22(23(32-4)20-25(28)30)17-14-15-19-27-26(31)21(3)16-12-10-8-6-2/h2,6,20-23H,1,8-19H2,3-5H3,(H,28,31);1,7,20-23H,2,8-19H2,3-5H3,(H,28,31);1-2,17,20-21,23H,8-16,18-19H2,3-5H3,(H,28,31);1,6,20-22H,2,7-19H2,3-4H3,(H,27,31)/b;;22-17+;/t2*21-,22-,23+;21-,23+;21-,22+/m1111/s1. The van der Waals surface area contributed by atoms with E-state index in [1.54, 1.807) is 6.92 Å². The van der Waals surface area contributed by atoms with Crippen molar-refractivity contribution in [3.63, 3.8) is 0 Å². The van der Waals surface area contributed by atoms with Crippen molar-refractivity contribution in [3.8, 4) is 61.7 Å². The number of carbonyl (C=O) groups is 12. The van der Waals surface area contributed by atoms with Crippen LogP contribution in [0.5, 0.6) is 0 Å². The SMILES string of the molecule is C#CCCC/C=C(\C)C(=O)N1C(=O)C=C(OC)[C@@H]1CCCCNC(=O)[C@H](C)CCCCC#C.C#CCCCCCC(=O)N1C(=O)C=C(OC)[C@@H]1CCCCNC(=O)[C@H](C)CCCCC=C.C#CCCCC[C@@H](C)C(=O)N1C(=O)C=C(OC)[C@@H]1CCCCNC(=O)[C@H](C)CCCCC=C.C#CCCCC[C@@H](C)C(=O)NCCCC[C@H]1C(OC)=CC(=O)N1C(=O)[C@H](C)CCCCC=C. The Hall–Kier alpha value is -10.6. The van der Waals surface area contributed by atoms with Crippen molar-refractivity contribution < 1.29 is 76.5 Å². The Labute approximate surface area is 788 Å². The molecule has 4 rings (SSSR count). The summed E-state index contributed by atoms with van der Waals surface area (Å²) in [6.07, 6.45) is 75.4. The van der Waals surface area contributed by atoms with Crippen molar-refractivity contribution in [2.75, 3.05) is 54.6 Å². The molecule has 24 heteroatoms. The van der Waals surface area contributed by atoms with E-state index in [-0.39, 0.29) is 125 Å². The van der Waals surface area contributed by atoms with Gasteiger partial charge in [0.15, 0.2) is 0 Å². The minimum Gasteiger partial charge on any atom is -0.499 e. The zero-order valence-electron chi connectivity index (χ0n) is 81.7. The molecule has 0 bridgehead atoms. The van der Waals surface area contributed by atoms with Crippen LogP contribution in [0.1, 0.15) is 331 Å². The maximum absolute atomic E-state index is 13.0. The third-order valence-electron chi connectivity index (χ3n) is 24.0. The zero-order valence-corrected chi connectivity index (χ0v) is 81.7. The molecule has 0 aromatic heterocycles. The number of rotatable bonds is 66. The van der Waals surface area contributed by atoms with Crippen LogP contribution in [0.2, 0.25) is 0 Å². The van der Waals surface area contributed by atoms with Crippen molar-refractivity contribution in [2.45, 2.75) is 355 Å². The Kier molecular flexibility index (Phi) is 65.9. The lowest BCUT2D eigenvalue weighted by atomic mass is 10.00. The van der Waals surface area contributed by atoms with E-state index in [4.69, 9.17) is 51.1 Å². The first-order valence-corrected chi connectivity index (χ1v) is 48.3. The minimum absolute atomic E-state index is 0.000491. The summed E-state index contributed by atoms with van der Waals surface area (Å²) < 4.78 is 21.5. The van der Waals surface area contributed by atoms with Crippen molar-refractivity contribution in [3.05, 3.63) is 97.0 Å². The maximum atomic E-state index is 13.0. The molecule has 0 aromatic rings. The second-order valence-corrected chi connectivity index (χ2v) is 34.6. The van der Waals surface area contributed by atoms with E-state index in [1.165, 1.54) is 72.3 Å². The van der Waals surface area contributed by atoms with Crippen LogP contribution >= 0.6 is 0 Å². The van der Waals surface area contributed by atoms with Gasteiger partial charge in [0.1, 0.15) is 23.0 Å². The number of unbranched alkanes of at least 4 members (excludes halogenated alkanes) is 21. The van der Waals surface area contributed by atoms with Gasteiger partial charge < -0.3 is 40.2 Å². The lowest BCUT2D eigenvalue weighted by Gasteiger charge is -2.27. The van der Waals surface area contributed by atoms with E-state index >= 15 is 0 Å². The molecule has 0 aromatic carbocycles. The Bertz CT molecular complexity index is 3940. The second kappa shape index (κ2) is 73.0. The van der Waals surface area contributed by atoms with Gasteiger partial charge in [-0.15, -0.1) is 81.5 Å². The average Bonchev–Trinajstić information content (AvgIpc) is 1.67. The zero-order chi connectivity index (χ0) is 97.7. The van der Waals surface area contributed by atoms with Gasteiger partial charge in [0.05, 0.1) is 52.6 Å². The van der Waals surface area contributed by atoms with Crippen molar-refractivity contribution in [1.29, 1.82) is 0 Å². The van der Waals surface area contributed by atoms with E-state index in [9.17, 15) is 57.5 Å². The number of imide groups is 4. The van der Waals surface area contributed by atoms with Crippen LogP contribution in [0.15, 0.2) is 97.0 Å². The molecule has 726 valence electrons. The van der Waals surface area contributed by atoms with Crippen LogP contribution in [-0.4, -0.2) is 169 Å². The van der Waals surface area contributed by atoms with E-state index in [0.717, 1.165) is 218 Å². The molecule has 12 amide bonds. The van der Waals surface area contributed by atoms with Gasteiger partial charge in [-0.05, 0) is 206 Å². The van der Waals surface area contributed by atoms with Crippen LogP contribution in [-0.2, 0) is 76.5 Å². The molecule has 0 aliphatic carbocycles. The van der Waals surface area contributed by atoms with Gasteiger partial charge in [0, 0.05) is 130 Å². The monoisotopic (exact) mass is 1820 g/mol. The summed E-state index contributed by atoms with van der Waals surface area (Å²) in [7, 11) is 6.09. The summed E-state index contributed by atoms with van der Waals surface area (Å²) in [4.78, 5) is 156. The predicted molar refractivity (Wildman–Crippen MR) is 522 cm³/mol. The molecule has 0 saturated heterocycles. The van der Waals surface area contributed by atoms with Crippen LogP contribution in [0.4, 0.5) is 0 Å². The van der Waals surface area contributed by atoms with Gasteiger partial charge in [-0.25, -0.2) is 0 Å². The summed E-state index contributed by atoms with van der Waals surface area (Å²) in [5, 5.41) is 12.0. The number of amides is 12. The molecule has 0 unspecified atom stereocenters. The lowest BCUT2D eigenvalue weighted by Crippen LogP contribution is -2.43. The molecule has 4 aliphatic rings. The van der Waals surface area contributed by atoms with Crippen molar-refractivity contribution >= 4 is 70.9 Å².